The molecular weight excluding hydrogens is 272 g/mol. The molecule has 0 spiro atoms. The fraction of sp³-hybridized carbons (Fsp3) is 0.625. The average Bonchev–Trinajstić information content (AvgIpc) is 2.46. The largest absolute Gasteiger partial charge is 0.497 e. The number of benzene rings is 1. The van der Waals surface area contributed by atoms with E-state index in [4.69, 9.17) is 24.8 Å². The summed E-state index contributed by atoms with van der Waals surface area (Å²) in [5.74, 6) is 0.849. The number of hydrogen-bond donors (Lipinski definition) is 3. The second kappa shape index (κ2) is 12.6. The molecule has 3 N–H and O–H groups in total. The Morgan fingerprint density at radius 1 is 1.00 bits per heavy atom. The summed E-state index contributed by atoms with van der Waals surface area (Å²) in [7, 11) is 1.65. The lowest BCUT2D eigenvalue weighted by atomic mass is 10.2. The van der Waals surface area contributed by atoms with Gasteiger partial charge in [-0.25, -0.2) is 0 Å². The molecule has 21 heavy (non-hydrogen) atoms. The summed E-state index contributed by atoms with van der Waals surface area (Å²) < 4.78 is 10.6. The van der Waals surface area contributed by atoms with Crippen LogP contribution in [0.3, 0.4) is 0 Å². The zero-order chi connectivity index (χ0) is 16.1. The molecule has 0 saturated heterocycles. The number of ether oxygens (including phenoxy) is 2. The van der Waals surface area contributed by atoms with E-state index in [1.807, 2.05) is 31.2 Å². The highest BCUT2D eigenvalue weighted by molar-refractivity contribution is 5.26. The van der Waals surface area contributed by atoms with Crippen molar-refractivity contribution in [1.82, 2.24) is 0 Å². The number of methoxy groups -OCH3 is 1. The Bertz CT molecular complexity index is 337. The Morgan fingerprint density at radius 3 is 1.95 bits per heavy atom. The van der Waals surface area contributed by atoms with Crippen molar-refractivity contribution in [2.75, 3.05) is 20.3 Å². The molecule has 0 radical (unpaired) electrons. The van der Waals surface area contributed by atoms with Crippen LogP contribution in [0.2, 0.25) is 0 Å². The van der Waals surface area contributed by atoms with Crippen molar-refractivity contribution >= 4 is 0 Å². The minimum atomic E-state index is -0.352. The van der Waals surface area contributed by atoms with Crippen molar-refractivity contribution in [3.63, 3.8) is 0 Å². The van der Waals surface area contributed by atoms with E-state index in [0.29, 0.717) is 19.4 Å². The van der Waals surface area contributed by atoms with Gasteiger partial charge in [-0.2, -0.15) is 0 Å². The molecule has 0 fully saturated rings. The molecule has 0 aliphatic heterocycles. The summed E-state index contributed by atoms with van der Waals surface area (Å²) in [6, 6.07) is 7.78. The molecular formula is C16H28O5. The molecule has 0 saturated carbocycles. The topological polar surface area (TPSA) is 79.2 Å². The third kappa shape index (κ3) is 11.2. The third-order valence-electron chi connectivity index (χ3n) is 2.78. The number of aliphatic hydroxyl groups is 3. The van der Waals surface area contributed by atoms with Gasteiger partial charge in [0.1, 0.15) is 5.75 Å². The van der Waals surface area contributed by atoms with Gasteiger partial charge in [-0.3, -0.25) is 0 Å². The van der Waals surface area contributed by atoms with Crippen molar-refractivity contribution in [2.45, 2.75) is 45.5 Å². The fourth-order valence-electron chi connectivity index (χ4n) is 1.41. The van der Waals surface area contributed by atoms with Crippen molar-refractivity contribution in [3.8, 4) is 5.75 Å². The van der Waals surface area contributed by atoms with Gasteiger partial charge in [0.15, 0.2) is 0 Å². The van der Waals surface area contributed by atoms with Crippen LogP contribution >= 0.6 is 0 Å². The van der Waals surface area contributed by atoms with Crippen LogP contribution in [0.1, 0.15) is 32.3 Å². The normalized spacial score (nSPS) is 13.0. The van der Waals surface area contributed by atoms with Crippen molar-refractivity contribution in [2.24, 2.45) is 0 Å². The van der Waals surface area contributed by atoms with Gasteiger partial charge in [-0.15, -0.1) is 0 Å². The van der Waals surface area contributed by atoms with E-state index in [0.717, 1.165) is 11.3 Å². The molecule has 1 aromatic carbocycles. The molecule has 0 bridgehead atoms. The first-order chi connectivity index (χ1) is 10.0. The number of aliphatic hydroxyl groups excluding tert-OH is 3. The maximum absolute atomic E-state index is 8.71. The van der Waals surface area contributed by atoms with Gasteiger partial charge < -0.3 is 24.8 Å². The van der Waals surface area contributed by atoms with E-state index in [9.17, 15) is 0 Å². The molecule has 0 amide bonds. The molecule has 1 aromatic rings. The average molecular weight is 300 g/mol. The zero-order valence-corrected chi connectivity index (χ0v) is 13.2. The van der Waals surface area contributed by atoms with E-state index in [1.54, 1.807) is 14.0 Å². The summed E-state index contributed by atoms with van der Waals surface area (Å²) in [5, 5.41) is 25.2. The minimum Gasteiger partial charge on any atom is -0.497 e. The van der Waals surface area contributed by atoms with E-state index in [-0.39, 0.29) is 25.4 Å². The standard InChI is InChI=1S/C12H18O3.C4H10O2/c1-10(7-8-13)15-9-11-3-5-12(14-2)6-4-11;1-4(6)2-3-5/h3-6,10,13H,7-9H2,1-2H3;4-6H,2-3H2,1H3/t10-;4-/m00/s1. The summed E-state index contributed by atoms with van der Waals surface area (Å²) in [5.41, 5.74) is 1.11. The first-order valence-electron chi connectivity index (χ1n) is 7.17. The predicted molar refractivity (Wildman–Crippen MR) is 82.3 cm³/mol. The fourth-order valence-corrected chi connectivity index (χ4v) is 1.41. The maximum Gasteiger partial charge on any atom is 0.118 e. The molecule has 0 unspecified atom stereocenters. The van der Waals surface area contributed by atoms with E-state index in [2.05, 4.69) is 0 Å². The van der Waals surface area contributed by atoms with Gasteiger partial charge in [0.05, 0.1) is 25.9 Å². The predicted octanol–water partition coefficient (Wildman–Crippen LogP) is 1.73. The van der Waals surface area contributed by atoms with Gasteiger partial charge in [0.25, 0.3) is 0 Å². The minimum absolute atomic E-state index is 0.0810. The van der Waals surface area contributed by atoms with Crippen LogP contribution in [-0.2, 0) is 11.3 Å². The first kappa shape index (κ1) is 19.9. The van der Waals surface area contributed by atoms with Gasteiger partial charge >= 0.3 is 0 Å². The quantitative estimate of drug-likeness (QED) is 0.681. The molecule has 5 heteroatoms. The monoisotopic (exact) mass is 300 g/mol. The summed E-state index contributed by atoms with van der Waals surface area (Å²) in [6.45, 7) is 4.43. The lowest BCUT2D eigenvalue weighted by Crippen LogP contribution is -2.09. The van der Waals surface area contributed by atoms with Gasteiger partial charge in [0.2, 0.25) is 0 Å². The highest BCUT2D eigenvalue weighted by Crippen LogP contribution is 2.12. The summed E-state index contributed by atoms with van der Waals surface area (Å²) in [6.07, 6.45) is 0.906. The van der Waals surface area contributed by atoms with Crippen LogP contribution < -0.4 is 4.74 Å². The van der Waals surface area contributed by atoms with Gasteiger partial charge in [-0.1, -0.05) is 12.1 Å². The zero-order valence-electron chi connectivity index (χ0n) is 13.2. The molecule has 0 heterocycles. The second-order valence-corrected chi connectivity index (χ2v) is 4.84. The molecule has 2 atom stereocenters. The Hall–Kier alpha value is -1.14. The van der Waals surface area contributed by atoms with Crippen LogP contribution in [0.15, 0.2) is 24.3 Å². The summed E-state index contributed by atoms with van der Waals surface area (Å²) >= 11 is 0. The lowest BCUT2D eigenvalue weighted by molar-refractivity contribution is 0.0363. The number of hydrogen-bond acceptors (Lipinski definition) is 5. The van der Waals surface area contributed by atoms with Crippen LogP contribution in [0.4, 0.5) is 0 Å². The van der Waals surface area contributed by atoms with Crippen molar-refractivity contribution in [3.05, 3.63) is 29.8 Å². The highest BCUT2D eigenvalue weighted by Gasteiger charge is 2.01. The Kier molecular flexibility index (Phi) is 11.9. The second-order valence-electron chi connectivity index (χ2n) is 4.84. The van der Waals surface area contributed by atoms with Crippen LogP contribution in [0, 0.1) is 0 Å². The van der Waals surface area contributed by atoms with Crippen LogP contribution in [0.25, 0.3) is 0 Å². The lowest BCUT2D eigenvalue weighted by Gasteiger charge is -2.11. The Labute approximate surface area is 127 Å². The third-order valence-corrected chi connectivity index (χ3v) is 2.78. The molecule has 0 aliphatic carbocycles. The molecule has 0 aromatic heterocycles. The van der Waals surface area contributed by atoms with Gasteiger partial charge in [-0.05, 0) is 44.4 Å². The maximum atomic E-state index is 8.71. The molecule has 122 valence electrons. The van der Waals surface area contributed by atoms with E-state index < -0.39 is 0 Å². The van der Waals surface area contributed by atoms with Crippen molar-refractivity contribution in [1.29, 1.82) is 0 Å². The summed E-state index contributed by atoms with van der Waals surface area (Å²) in [4.78, 5) is 0. The molecule has 0 aliphatic rings. The highest BCUT2D eigenvalue weighted by atomic mass is 16.5. The van der Waals surface area contributed by atoms with E-state index >= 15 is 0 Å². The first-order valence-corrected chi connectivity index (χ1v) is 7.17. The van der Waals surface area contributed by atoms with Gasteiger partial charge in [0, 0.05) is 13.2 Å². The number of rotatable bonds is 8. The Balaban J connectivity index is 0.000000567. The van der Waals surface area contributed by atoms with E-state index in [1.165, 1.54) is 0 Å². The van der Waals surface area contributed by atoms with Crippen molar-refractivity contribution < 1.29 is 24.8 Å². The van der Waals surface area contributed by atoms with Crippen LogP contribution in [-0.4, -0.2) is 47.9 Å². The SMILES string of the molecule is COc1ccc(CO[C@@H](C)CCO)cc1.C[C@H](O)CCO. The molecule has 1 rings (SSSR count). The molecule has 5 nitrogen and oxygen atoms in total. The smallest absolute Gasteiger partial charge is 0.118 e. The Morgan fingerprint density at radius 2 is 1.57 bits per heavy atom. The van der Waals surface area contributed by atoms with Crippen LogP contribution in [0.5, 0.6) is 5.75 Å².